The standard InChI is InChI=1S/C12H15NO4/c1-8-4-3-5-10(6-8)17-7-11(14)13-9(2)12(15)16/h3-6,9H,7H2,1-2H3,(H,13,14)(H,15,16). The number of aliphatic carboxylic acids is 1. The Hall–Kier alpha value is -2.04. The summed E-state index contributed by atoms with van der Waals surface area (Å²) in [6.45, 7) is 3.12. The average Bonchev–Trinajstić information content (AvgIpc) is 2.26. The number of aryl methyl sites for hydroxylation is 1. The van der Waals surface area contributed by atoms with Gasteiger partial charge in [0.1, 0.15) is 11.8 Å². The molecule has 0 saturated heterocycles. The molecule has 5 nitrogen and oxygen atoms in total. The zero-order chi connectivity index (χ0) is 12.8. The number of hydrogen-bond acceptors (Lipinski definition) is 3. The Kier molecular flexibility index (Phi) is 4.51. The highest BCUT2D eigenvalue weighted by atomic mass is 16.5. The Morgan fingerprint density at radius 2 is 2.18 bits per heavy atom. The molecule has 0 heterocycles. The van der Waals surface area contributed by atoms with E-state index in [0.717, 1.165) is 5.56 Å². The van der Waals surface area contributed by atoms with Crippen molar-refractivity contribution in [3.05, 3.63) is 29.8 Å². The van der Waals surface area contributed by atoms with Crippen LogP contribution in [0.15, 0.2) is 24.3 Å². The molecule has 17 heavy (non-hydrogen) atoms. The minimum atomic E-state index is -1.08. The summed E-state index contributed by atoms with van der Waals surface area (Å²) in [5, 5.41) is 10.9. The number of hydrogen-bond donors (Lipinski definition) is 2. The van der Waals surface area contributed by atoms with Crippen LogP contribution in [0.1, 0.15) is 12.5 Å². The topological polar surface area (TPSA) is 75.6 Å². The summed E-state index contributed by atoms with van der Waals surface area (Å²) in [4.78, 5) is 21.8. The largest absolute Gasteiger partial charge is 0.484 e. The third-order valence-corrected chi connectivity index (χ3v) is 2.11. The van der Waals surface area contributed by atoms with Gasteiger partial charge in [0, 0.05) is 0 Å². The molecule has 1 unspecified atom stereocenters. The number of rotatable bonds is 5. The van der Waals surface area contributed by atoms with Crippen molar-refractivity contribution in [2.24, 2.45) is 0 Å². The molecule has 0 aromatic heterocycles. The Balaban J connectivity index is 2.41. The Labute approximate surface area is 99.4 Å². The van der Waals surface area contributed by atoms with Crippen LogP contribution < -0.4 is 10.1 Å². The van der Waals surface area contributed by atoms with Crippen LogP contribution in [0, 0.1) is 6.92 Å². The first-order valence-electron chi connectivity index (χ1n) is 5.20. The third kappa shape index (κ3) is 4.55. The van der Waals surface area contributed by atoms with E-state index in [2.05, 4.69) is 5.32 Å². The Morgan fingerprint density at radius 1 is 1.47 bits per heavy atom. The van der Waals surface area contributed by atoms with E-state index < -0.39 is 17.9 Å². The summed E-state index contributed by atoms with van der Waals surface area (Å²) in [7, 11) is 0. The van der Waals surface area contributed by atoms with Gasteiger partial charge in [-0.25, -0.2) is 0 Å². The minimum Gasteiger partial charge on any atom is -0.484 e. The fraction of sp³-hybridized carbons (Fsp3) is 0.333. The van der Waals surface area contributed by atoms with Gasteiger partial charge in [-0.1, -0.05) is 12.1 Å². The van der Waals surface area contributed by atoms with E-state index in [1.54, 1.807) is 12.1 Å². The van der Waals surface area contributed by atoms with E-state index in [0.29, 0.717) is 5.75 Å². The van der Waals surface area contributed by atoms with Crippen molar-refractivity contribution in [2.75, 3.05) is 6.61 Å². The molecule has 0 aliphatic heterocycles. The van der Waals surface area contributed by atoms with Crippen LogP contribution >= 0.6 is 0 Å². The molecule has 1 atom stereocenters. The molecule has 0 bridgehead atoms. The number of benzene rings is 1. The molecule has 1 aromatic rings. The van der Waals surface area contributed by atoms with Gasteiger partial charge >= 0.3 is 5.97 Å². The van der Waals surface area contributed by atoms with Gasteiger partial charge in [0.15, 0.2) is 6.61 Å². The Morgan fingerprint density at radius 3 is 2.76 bits per heavy atom. The van der Waals surface area contributed by atoms with Gasteiger partial charge in [-0.05, 0) is 31.5 Å². The van der Waals surface area contributed by atoms with E-state index in [9.17, 15) is 9.59 Å². The number of amides is 1. The van der Waals surface area contributed by atoms with E-state index in [-0.39, 0.29) is 6.61 Å². The van der Waals surface area contributed by atoms with E-state index >= 15 is 0 Å². The highest BCUT2D eigenvalue weighted by molar-refractivity contribution is 5.84. The van der Waals surface area contributed by atoms with Crippen molar-refractivity contribution in [3.8, 4) is 5.75 Å². The van der Waals surface area contributed by atoms with Gasteiger partial charge in [-0.2, -0.15) is 0 Å². The molecular formula is C12H15NO4. The maximum Gasteiger partial charge on any atom is 0.325 e. The first-order valence-corrected chi connectivity index (χ1v) is 5.20. The first kappa shape index (κ1) is 13.0. The quantitative estimate of drug-likeness (QED) is 0.799. The van der Waals surface area contributed by atoms with Gasteiger partial charge in [0.05, 0.1) is 0 Å². The molecular weight excluding hydrogens is 222 g/mol. The highest BCUT2D eigenvalue weighted by Gasteiger charge is 2.13. The maximum absolute atomic E-state index is 11.3. The number of carboxylic acid groups (broad SMARTS) is 1. The molecule has 2 N–H and O–H groups in total. The molecule has 0 aliphatic rings. The second-order valence-corrected chi connectivity index (χ2v) is 3.73. The number of carbonyl (C=O) groups is 2. The zero-order valence-corrected chi connectivity index (χ0v) is 9.77. The second kappa shape index (κ2) is 5.89. The second-order valence-electron chi connectivity index (χ2n) is 3.73. The number of nitrogens with one attached hydrogen (secondary N) is 1. The van der Waals surface area contributed by atoms with Crippen molar-refractivity contribution < 1.29 is 19.4 Å². The van der Waals surface area contributed by atoms with Crippen LogP contribution in [0.5, 0.6) is 5.75 Å². The van der Waals surface area contributed by atoms with Gasteiger partial charge < -0.3 is 15.2 Å². The molecule has 1 rings (SSSR count). The fourth-order valence-corrected chi connectivity index (χ4v) is 1.20. The van der Waals surface area contributed by atoms with Crippen LogP contribution in [0.2, 0.25) is 0 Å². The summed E-state index contributed by atoms with van der Waals surface area (Å²) >= 11 is 0. The SMILES string of the molecule is Cc1cccc(OCC(=O)NC(C)C(=O)O)c1. The predicted molar refractivity (Wildman–Crippen MR) is 61.9 cm³/mol. The van der Waals surface area contributed by atoms with Crippen molar-refractivity contribution in [2.45, 2.75) is 19.9 Å². The van der Waals surface area contributed by atoms with Gasteiger partial charge in [0.25, 0.3) is 5.91 Å². The summed E-state index contributed by atoms with van der Waals surface area (Å²) < 4.78 is 5.22. The third-order valence-electron chi connectivity index (χ3n) is 2.11. The molecule has 1 amide bonds. The predicted octanol–water partition coefficient (Wildman–Crippen LogP) is 0.963. The molecule has 0 radical (unpaired) electrons. The van der Waals surface area contributed by atoms with Crippen molar-refractivity contribution in [3.63, 3.8) is 0 Å². The smallest absolute Gasteiger partial charge is 0.325 e. The Bertz CT molecular complexity index is 417. The van der Waals surface area contributed by atoms with E-state index in [1.165, 1.54) is 6.92 Å². The van der Waals surface area contributed by atoms with Crippen LogP contribution in [-0.4, -0.2) is 29.6 Å². The molecule has 1 aromatic carbocycles. The molecule has 0 fully saturated rings. The van der Waals surface area contributed by atoms with Crippen LogP contribution in [0.4, 0.5) is 0 Å². The lowest BCUT2D eigenvalue weighted by Gasteiger charge is -2.10. The van der Waals surface area contributed by atoms with Crippen molar-refractivity contribution in [1.82, 2.24) is 5.32 Å². The zero-order valence-electron chi connectivity index (χ0n) is 9.77. The number of ether oxygens (including phenoxy) is 1. The van der Waals surface area contributed by atoms with Gasteiger partial charge in [0.2, 0.25) is 0 Å². The summed E-state index contributed by atoms with van der Waals surface area (Å²) in [6, 6.07) is 6.36. The molecule has 0 aliphatic carbocycles. The first-order chi connectivity index (χ1) is 7.99. The summed E-state index contributed by atoms with van der Waals surface area (Å²) in [5.41, 5.74) is 1.03. The normalized spacial score (nSPS) is 11.6. The lowest BCUT2D eigenvalue weighted by atomic mass is 10.2. The van der Waals surface area contributed by atoms with Crippen molar-refractivity contribution in [1.29, 1.82) is 0 Å². The summed E-state index contributed by atoms with van der Waals surface area (Å²) in [6.07, 6.45) is 0. The highest BCUT2D eigenvalue weighted by Crippen LogP contribution is 2.11. The van der Waals surface area contributed by atoms with Gasteiger partial charge in [-0.3, -0.25) is 9.59 Å². The average molecular weight is 237 g/mol. The lowest BCUT2D eigenvalue weighted by Crippen LogP contribution is -2.40. The lowest BCUT2D eigenvalue weighted by molar-refractivity contribution is -0.141. The minimum absolute atomic E-state index is 0.193. The molecule has 0 spiro atoms. The number of carboxylic acids is 1. The monoisotopic (exact) mass is 237 g/mol. The molecule has 0 saturated carbocycles. The maximum atomic E-state index is 11.3. The van der Waals surface area contributed by atoms with Crippen LogP contribution in [-0.2, 0) is 9.59 Å². The molecule has 5 heteroatoms. The molecule has 92 valence electrons. The van der Waals surface area contributed by atoms with E-state index in [1.807, 2.05) is 19.1 Å². The van der Waals surface area contributed by atoms with Crippen LogP contribution in [0.3, 0.4) is 0 Å². The summed E-state index contributed by atoms with van der Waals surface area (Å²) in [5.74, 6) is -0.946. The van der Waals surface area contributed by atoms with E-state index in [4.69, 9.17) is 9.84 Å². The fourth-order valence-electron chi connectivity index (χ4n) is 1.20. The van der Waals surface area contributed by atoms with Gasteiger partial charge in [-0.15, -0.1) is 0 Å². The van der Waals surface area contributed by atoms with Crippen LogP contribution in [0.25, 0.3) is 0 Å². The van der Waals surface area contributed by atoms with Crippen molar-refractivity contribution >= 4 is 11.9 Å². The number of carbonyl (C=O) groups excluding carboxylic acids is 1.